The highest BCUT2D eigenvalue weighted by atomic mass is 19.1. The Hall–Kier alpha value is -1.36. The van der Waals surface area contributed by atoms with Crippen LogP contribution in [-0.4, -0.2) is 57.9 Å². The highest BCUT2D eigenvalue weighted by Gasteiger charge is 2.23. The molecule has 1 fully saturated rings. The first kappa shape index (κ1) is 14.6. The minimum Gasteiger partial charge on any atom is -0.369 e. The van der Waals surface area contributed by atoms with Crippen molar-refractivity contribution in [2.45, 2.75) is 12.8 Å². The van der Waals surface area contributed by atoms with E-state index in [2.05, 4.69) is 21.7 Å². The molecule has 2 aliphatic heterocycles. The van der Waals surface area contributed by atoms with Crippen LogP contribution in [0.15, 0.2) is 12.1 Å². The second-order valence-electron chi connectivity index (χ2n) is 6.00. The number of hydrogen-bond donors (Lipinski definition) is 0. The van der Waals surface area contributed by atoms with Crippen molar-refractivity contribution < 1.29 is 8.78 Å². The average Bonchev–Trinajstić information content (AvgIpc) is 2.48. The van der Waals surface area contributed by atoms with E-state index in [-0.39, 0.29) is 12.5 Å². The summed E-state index contributed by atoms with van der Waals surface area (Å²) in [5.41, 5.74) is 2.71. The van der Waals surface area contributed by atoms with Crippen LogP contribution in [0.25, 0.3) is 0 Å². The highest BCUT2D eigenvalue weighted by molar-refractivity contribution is 5.65. The van der Waals surface area contributed by atoms with E-state index >= 15 is 0 Å². The maximum absolute atomic E-state index is 14.4. The molecule has 0 bridgehead atoms. The summed E-state index contributed by atoms with van der Waals surface area (Å²) in [6.07, 6.45) is 1.86. The van der Waals surface area contributed by atoms with Gasteiger partial charge in [-0.25, -0.2) is 8.78 Å². The fraction of sp³-hybridized carbons (Fsp3) is 0.625. The van der Waals surface area contributed by atoms with E-state index in [0.29, 0.717) is 12.2 Å². The van der Waals surface area contributed by atoms with Gasteiger partial charge in [-0.15, -0.1) is 0 Å². The van der Waals surface area contributed by atoms with Crippen molar-refractivity contribution in [3.8, 4) is 0 Å². The maximum Gasteiger partial charge on any atom is 0.146 e. The van der Waals surface area contributed by atoms with E-state index in [1.807, 2.05) is 6.07 Å². The highest BCUT2D eigenvalue weighted by Crippen LogP contribution is 2.34. The van der Waals surface area contributed by atoms with Crippen LogP contribution in [0.1, 0.15) is 12.0 Å². The lowest BCUT2D eigenvalue weighted by Crippen LogP contribution is -2.45. The van der Waals surface area contributed by atoms with Gasteiger partial charge >= 0.3 is 0 Å². The van der Waals surface area contributed by atoms with Crippen LogP contribution in [0.4, 0.5) is 20.2 Å². The first-order chi connectivity index (χ1) is 10.2. The Morgan fingerprint density at radius 2 is 1.81 bits per heavy atom. The van der Waals surface area contributed by atoms with E-state index in [9.17, 15) is 8.78 Å². The van der Waals surface area contributed by atoms with Crippen LogP contribution < -0.4 is 9.80 Å². The Morgan fingerprint density at radius 1 is 1.05 bits per heavy atom. The lowest BCUT2D eigenvalue weighted by molar-refractivity contribution is 0.311. The number of anilines is 2. The normalized spacial score (nSPS) is 19.8. The van der Waals surface area contributed by atoms with Crippen molar-refractivity contribution in [2.24, 2.45) is 0 Å². The molecule has 0 N–H and O–H groups in total. The summed E-state index contributed by atoms with van der Waals surface area (Å²) in [7, 11) is 2.09. The molecule has 0 aromatic heterocycles. The van der Waals surface area contributed by atoms with Gasteiger partial charge in [-0.1, -0.05) is 0 Å². The summed E-state index contributed by atoms with van der Waals surface area (Å²) < 4.78 is 27.1. The lowest BCUT2D eigenvalue weighted by Gasteiger charge is -2.36. The molecule has 0 spiro atoms. The second kappa shape index (κ2) is 6.18. The van der Waals surface area contributed by atoms with E-state index in [1.54, 1.807) is 6.07 Å². The smallest absolute Gasteiger partial charge is 0.146 e. The van der Waals surface area contributed by atoms with Crippen molar-refractivity contribution in [3.63, 3.8) is 0 Å². The summed E-state index contributed by atoms with van der Waals surface area (Å²) in [5, 5.41) is 0. The molecule has 0 amide bonds. The van der Waals surface area contributed by atoms with Crippen LogP contribution in [0.3, 0.4) is 0 Å². The molecule has 1 aromatic carbocycles. The van der Waals surface area contributed by atoms with Crippen molar-refractivity contribution in [2.75, 3.05) is 62.8 Å². The van der Waals surface area contributed by atoms with Gasteiger partial charge in [0.05, 0.1) is 5.69 Å². The number of rotatable bonds is 3. The molecule has 0 radical (unpaired) electrons. The number of hydrogen-bond acceptors (Lipinski definition) is 3. The average molecular weight is 295 g/mol. The number of benzene rings is 1. The van der Waals surface area contributed by atoms with Crippen LogP contribution in [0.2, 0.25) is 0 Å². The Labute approximate surface area is 125 Å². The van der Waals surface area contributed by atoms with E-state index < -0.39 is 0 Å². The van der Waals surface area contributed by atoms with Crippen molar-refractivity contribution in [1.29, 1.82) is 0 Å². The summed E-state index contributed by atoms with van der Waals surface area (Å²) in [4.78, 5) is 6.41. The number of fused-ring (bicyclic) bond motifs is 1. The van der Waals surface area contributed by atoms with Crippen LogP contribution in [0, 0.1) is 5.82 Å². The second-order valence-corrected chi connectivity index (χ2v) is 6.00. The lowest BCUT2D eigenvalue weighted by atomic mass is 10.00. The maximum atomic E-state index is 14.4. The fourth-order valence-electron chi connectivity index (χ4n) is 3.29. The molecule has 1 aromatic rings. The number of alkyl halides is 1. The minimum atomic E-state index is -0.360. The van der Waals surface area contributed by atoms with Gasteiger partial charge in [0.25, 0.3) is 0 Å². The Bertz CT molecular complexity index is 499. The third kappa shape index (κ3) is 2.98. The molecule has 0 saturated carbocycles. The van der Waals surface area contributed by atoms with E-state index in [4.69, 9.17) is 0 Å². The van der Waals surface area contributed by atoms with Crippen LogP contribution >= 0.6 is 0 Å². The third-order valence-corrected chi connectivity index (χ3v) is 4.56. The standard InChI is InChI=1S/C16H23F2N3/c1-19-7-9-21(10-8-19)16-12-15-13(11-14(16)18)3-2-5-20(15)6-4-17/h11-12H,2-10H2,1H3. The molecule has 0 unspecified atom stereocenters. The monoisotopic (exact) mass is 295 g/mol. The number of likely N-dealkylation sites (N-methyl/N-ethyl adjacent to an activating group) is 1. The number of piperazine rings is 1. The van der Waals surface area contributed by atoms with Crippen LogP contribution in [-0.2, 0) is 6.42 Å². The number of halogens is 2. The quantitative estimate of drug-likeness (QED) is 0.847. The fourth-order valence-corrected chi connectivity index (χ4v) is 3.29. The van der Waals surface area contributed by atoms with Gasteiger partial charge in [-0.3, -0.25) is 0 Å². The molecule has 116 valence electrons. The molecule has 1 saturated heterocycles. The molecule has 0 atom stereocenters. The third-order valence-electron chi connectivity index (χ3n) is 4.56. The molecular weight excluding hydrogens is 272 g/mol. The van der Waals surface area contributed by atoms with Gasteiger partial charge in [-0.05, 0) is 37.6 Å². The summed E-state index contributed by atoms with van der Waals surface area (Å²) in [5.74, 6) is -0.139. The molecule has 3 rings (SSSR count). The Morgan fingerprint density at radius 3 is 2.52 bits per heavy atom. The Kier molecular flexibility index (Phi) is 4.29. The summed E-state index contributed by atoms with van der Waals surface area (Å²) >= 11 is 0. The van der Waals surface area contributed by atoms with Crippen molar-refractivity contribution >= 4 is 11.4 Å². The summed E-state index contributed by atoms with van der Waals surface area (Å²) in [6, 6.07) is 3.60. The molecule has 5 heteroatoms. The van der Waals surface area contributed by atoms with Gasteiger partial charge in [0.15, 0.2) is 0 Å². The van der Waals surface area contributed by atoms with Crippen molar-refractivity contribution in [3.05, 3.63) is 23.5 Å². The summed E-state index contributed by atoms with van der Waals surface area (Å²) in [6.45, 7) is 4.49. The zero-order valence-electron chi connectivity index (χ0n) is 12.6. The van der Waals surface area contributed by atoms with Crippen LogP contribution in [0.5, 0.6) is 0 Å². The van der Waals surface area contributed by atoms with E-state index in [0.717, 1.165) is 56.8 Å². The molecule has 2 aliphatic rings. The molecule has 0 aliphatic carbocycles. The SMILES string of the molecule is CN1CCN(c2cc3c(cc2F)CCCN3CCF)CC1. The van der Waals surface area contributed by atoms with Gasteiger partial charge < -0.3 is 14.7 Å². The topological polar surface area (TPSA) is 9.72 Å². The van der Waals surface area contributed by atoms with Crippen molar-refractivity contribution in [1.82, 2.24) is 4.90 Å². The molecule has 3 nitrogen and oxygen atoms in total. The minimum absolute atomic E-state index is 0.139. The van der Waals surface area contributed by atoms with Gasteiger partial charge in [0.2, 0.25) is 0 Å². The number of aryl methyl sites for hydroxylation is 1. The van der Waals surface area contributed by atoms with E-state index in [1.165, 1.54) is 0 Å². The van der Waals surface area contributed by atoms with Gasteiger partial charge in [-0.2, -0.15) is 0 Å². The first-order valence-electron chi connectivity index (χ1n) is 7.76. The Balaban J connectivity index is 1.89. The zero-order chi connectivity index (χ0) is 14.8. The molecular formula is C16H23F2N3. The van der Waals surface area contributed by atoms with Gasteiger partial charge in [0, 0.05) is 45.0 Å². The predicted octanol–water partition coefficient (Wildman–Crippen LogP) is 2.30. The number of nitrogens with zero attached hydrogens (tertiary/aromatic N) is 3. The molecule has 2 heterocycles. The largest absolute Gasteiger partial charge is 0.369 e. The zero-order valence-corrected chi connectivity index (χ0v) is 12.6. The first-order valence-corrected chi connectivity index (χ1v) is 7.76. The van der Waals surface area contributed by atoms with Gasteiger partial charge in [0.1, 0.15) is 12.5 Å². The molecule has 21 heavy (non-hydrogen) atoms. The predicted molar refractivity (Wildman–Crippen MR) is 82.6 cm³/mol.